The topological polar surface area (TPSA) is 51.3 Å². The minimum atomic E-state index is -0.105. The van der Waals surface area contributed by atoms with Crippen LogP contribution in [-0.4, -0.2) is 17.9 Å². The van der Waals surface area contributed by atoms with Gasteiger partial charge in [-0.1, -0.05) is 42.5 Å². The maximum atomic E-state index is 12.8. The van der Waals surface area contributed by atoms with E-state index >= 15 is 0 Å². The number of rotatable bonds is 3. The van der Waals surface area contributed by atoms with Gasteiger partial charge in [-0.3, -0.25) is 4.79 Å². The Morgan fingerprint density at radius 1 is 0.964 bits per heavy atom. The van der Waals surface area contributed by atoms with E-state index in [1.807, 2.05) is 72.8 Å². The van der Waals surface area contributed by atoms with Crippen molar-refractivity contribution in [1.82, 2.24) is 4.98 Å². The Kier molecular flexibility index (Phi) is 3.76. The average Bonchev–Trinajstić information content (AvgIpc) is 3.26. The number of carbonyl (C=O) groups is 1. The van der Waals surface area contributed by atoms with Gasteiger partial charge in [0.15, 0.2) is 5.76 Å². The Bertz CT molecular complexity index is 1240. The monoisotopic (exact) mass is 367 g/mol. The summed E-state index contributed by atoms with van der Waals surface area (Å²) in [5.74, 6) is 1.57. The SMILES string of the molecule is COc1ccc2[nH]c(-c3ccccc3)c(/C=C3\Oc4ccccc4C3=O)c2c1. The number of aromatic amines is 1. The van der Waals surface area contributed by atoms with Gasteiger partial charge in [0, 0.05) is 16.5 Å². The van der Waals surface area contributed by atoms with Crippen LogP contribution in [0.4, 0.5) is 0 Å². The Hall–Kier alpha value is -3.79. The van der Waals surface area contributed by atoms with Crippen molar-refractivity contribution in [3.8, 4) is 22.8 Å². The maximum Gasteiger partial charge on any atom is 0.231 e. The number of ether oxygens (including phenoxy) is 2. The summed E-state index contributed by atoms with van der Waals surface area (Å²) in [7, 11) is 1.64. The zero-order chi connectivity index (χ0) is 19.1. The van der Waals surface area contributed by atoms with Crippen LogP contribution in [0.1, 0.15) is 15.9 Å². The van der Waals surface area contributed by atoms with Crippen LogP contribution in [0.15, 0.2) is 78.6 Å². The number of allylic oxidation sites excluding steroid dienone is 1. The zero-order valence-electron chi connectivity index (χ0n) is 15.2. The summed E-state index contributed by atoms with van der Waals surface area (Å²) >= 11 is 0. The molecule has 4 heteroatoms. The smallest absolute Gasteiger partial charge is 0.231 e. The van der Waals surface area contributed by atoms with E-state index in [-0.39, 0.29) is 5.78 Å². The third-order valence-corrected chi connectivity index (χ3v) is 4.96. The first-order valence-electron chi connectivity index (χ1n) is 9.03. The number of hydrogen-bond donors (Lipinski definition) is 1. The third kappa shape index (κ3) is 2.58. The summed E-state index contributed by atoms with van der Waals surface area (Å²) in [5, 5.41) is 0.970. The molecule has 2 heterocycles. The largest absolute Gasteiger partial charge is 0.497 e. The molecule has 28 heavy (non-hydrogen) atoms. The van der Waals surface area contributed by atoms with E-state index in [1.54, 1.807) is 13.2 Å². The van der Waals surface area contributed by atoms with Gasteiger partial charge < -0.3 is 14.5 Å². The van der Waals surface area contributed by atoms with E-state index < -0.39 is 0 Å². The number of carbonyl (C=O) groups excluding carboxylic acids is 1. The number of fused-ring (bicyclic) bond motifs is 2. The van der Waals surface area contributed by atoms with Crippen LogP contribution in [0.5, 0.6) is 11.5 Å². The minimum Gasteiger partial charge on any atom is -0.497 e. The Labute approximate surface area is 162 Å². The molecule has 0 atom stereocenters. The number of para-hydroxylation sites is 1. The van der Waals surface area contributed by atoms with Crippen LogP contribution < -0.4 is 9.47 Å². The molecule has 1 aliphatic rings. The average molecular weight is 367 g/mol. The summed E-state index contributed by atoms with van der Waals surface area (Å²) in [4.78, 5) is 16.3. The Balaban J connectivity index is 1.73. The summed E-state index contributed by atoms with van der Waals surface area (Å²) in [5.41, 5.74) is 4.43. The molecule has 0 amide bonds. The molecule has 0 spiro atoms. The first-order chi connectivity index (χ1) is 13.7. The van der Waals surface area contributed by atoms with Crippen molar-refractivity contribution in [3.05, 3.63) is 89.7 Å². The lowest BCUT2D eigenvalue weighted by Crippen LogP contribution is -1.98. The fraction of sp³-hybridized carbons (Fsp3) is 0.0417. The first kappa shape index (κ1) is 16.4. The van der Waals surface area contributed by atoms with Crippen molar-refractivity contribution in [2.75, 3.05) is 7.11 Å². The van der Waals surface area contributed by atoms with E-state index in [1.165, 1.54) is 0 Å². The van der Waals surface area contributed by atoms with E-state index in [0.29, 0.717) is 17.1 Å². The lowest BCUT2D eigenvalue weighted by atomic mass is 10.0. The van der Waals surface area contributed by atoms with Gasteiger partial charge in [0.1, 0.15) is 11.5 Å². The molecule has 1 aromatic heterocycles. The highest BCUT2D eigenvalue weighted by Gasteiger charge is 2.27. The quantitative estimate of drug-likeness (QED) is 0.489. The van der Waals surface area contributed by atoms with Gasteiger partial charge in [-0.15, -0.1) is 0 Å². The normalized spacial score (nSPS) is 14.3. The van der Waals surface area contributed by atoms with E-state index in [0.717, 1.165) is 33.5 Å². The second-order valence-corrected chi connectivity index (χ2v) is 6.63. The molecular weight excluding hydrogens is 350 g/mol. The van der Waals surface area contributed by atoms with E-state index in [4.69, 9.17) is 9.47 Å². The lowest BCUT2D eigenvalue weighted by molar-refractivity contribution is 0.101. The summed E-state index contributed by atoms with van der Waals surface area (Å²) in [6.45, 7) is 0. The number of Topliss-reactive ketones (excluding diaryl/α,β-unsaturated/α-hetero) is 1. The molecule has 3 aromatic carbocycles. The first-order valence-corrected chi connectivity index (χ1v) is 9.03. The van der Waals surface area contributed by atoms with Gasteiger partial charge in [-0.2, -0.15) is 0 Å². The molecule has 0 saturated carbocycles. The molecule has 0 saturated heterocycles. The molecule has 1 aliphatic heterocycles. The molecule has 136 valence electrons. The van der Waals surface area contributed by atoms with Gasteiger partial charge in [0.05, 0.1) is 18.4 Å². The number of nitrogens with one attached hydrogen (secondary N) is 1. The molecule has 0 unspecified atom stereocenters. The second kappa shape index (κ2) is 6.43. The predicted molar refractivity (Wildman–Crippen MR) is 110 cm³/mol. The van der Waals surface area contributed by atoms with Gasteiger partial charge in [-0.25, -0.2) is 0 Å². The molecule has 5 rings (SSSR count). The number of hydrogen-bond acceptors (Lipinski definition) is 3. The van der Waals surface area contributed by atoms with Crippen LogP contribution in [0.25, 0.3) is 28.2 Å². The van der Waals surface area contributed by atoms with Gasteiger partial charge in [-0.05, 0) is 42.0 Å². The zero-order valence-corrected chi connectivity index (χ0v) is 15.2. The highest BCUT2D eigenvalue weighted by atomic mass is 16.5. The second-order valence-electron chi connectivity index (χ2n) is 6.63. The van der Waals surface area contributed by atoms with Gasteiger partial charge in [0.2, 0.25) is 5.78 Å². The number of H-pyrrole nitrogens is 1. The van der Waals surface area contributed by atoms with Crippen molar-refractivity contribution in [2.45, 2.75) is 0 Å². The van der Waals surface area contributed by atoms with Crippen molar-refractivity contribution in [1.29, 1.82) is 0 Å². The highest BCUT2D eigenvalue weighted by molar-refractivity contribution is 6.15. The molecule has 4 aromatic rings. The van der Waals surface area contributed by atoms with Gasteiger partial charge in [0.25, 0.3) is 0 Å². The molecule has 0 radical (unpaired) electrons. The predicted octanol–water partition coefficient (Wildman–Crippen LogP) is 5.46. The Morgan fingerprint density at radius 2 is 1.75 bits per heavy atom. The van der Waals surface area contributed by atoms with Crippen molar-refractivity contribution in [2.24, 2.45) is 0 Å². The standard InChI is InChI=1S/C24H17NO3/c1-27-16-11-12-20-18(13-16)19(23(25-20)15-7-3-2-4-8-15)14-22-24(26)17-9-5-6-10-21(17)28-22/h2-14,25H,1H3/b22-14-. The number of ketones is 1. The van der Waals surface area contributed by atoms with Crippen LogP contribution in [0, 0.1) is 0 Å². The molecular formula is C24H17NO3. The lowest BCUT2D eigenvalue weighted by Gasteiger charge is -2.03. The van der Waals surface area contributed by atoms with Crippen molar-refractivity contribution < 1.29 is 14.3 Å². The van der Waals surface area contributed by atoms with Crippen LogP contribution in [0.3, 0.4) is 0 Å². The molecule has 1 N–H and O–H groups in total. The summed E-state index contributed by atoms with van der Waals surface area (Å²) in [6, 6.07) is 23.2. The highest BCUT2D eigenvalue weighted by Crippen LogP contribution is 2.37. The maximum absolute atomic E-state index is 12.8. The van der Waals surface area contributed by atoms with Crippen LogP contribution in [-0.2, 0) is 0 Å². The molecule has 0 aliphatic carbocycles. The number of aromatic nitrogens is 1. The minimum absolute atomic E-state index is 0.105. The molecule has 0 bridgehead atoms. The Morgan fingerprint density at radius 3 is 2.54 bits per heavy atom. The van der Waals surface area contributed by atoms with Crippen molar-refractivity contribution >= 4 is 22.8 Å². The number of methoxy groups -OCH3 is 1. The van der Waals surface area contributed by atoms with Crippen LogP contribution in [0.2, 0.25) is 0 Å². The fourth-order valence-corrected chi connectivity index (χ4v) is 3.57. The number of benzene rings is 3. The summed E-state index contributed by atoms with van der Waals surface area (Å²) < 4.78 is 11.3. The molecule has 0 fully saturated rings. The fourth-order valence-electron chi connectivity index (χ4n) is 3.57. The van der Waals surface area contributed by atoms with E-state index in [2.05, 4.69) is 4.98 Å². The van der Waals surface area contributed by atoms with Crippen molar-refractivity contribution in [3.63, 3.8) is 0 Å². The van der Waals surface area contributed by atoms with Gasteiger partial charge >= 0.3 is 0 Å². The molecule has 4 nitrogen and oxygen atoms in total. The van der Waals surface area contributed by atoms with Crippen LogP contribution >= 0.6 is 0 Å². The van der Waals surface area contributed by atoms with E-state index in [9.17, 15) is 4.79 Å². The third-order valence-electron chi connectivity index (χ3n) is 4.96. The summed E-state index contributed by atoms with van der Waals surface area (Å²) in [6.07, 6.45) is 1.82.